The summed E-state index contributed by atoms with van der Waals surface area (Å²) < 4.78 is 17.4. The van der Waals surface area contributed by atoms with Gasteiger partial charge in [-0.05, 0) is 0 Å². The van der Waals surface area contributed by atoms with E-state index in [4.69, 9.17) is 0 Å². The first-order valence-corrected chi connectivity index (χ1v) is 5.76. The second kappa shape index (κ2) is 10.8. The van der Waals surface area contributed by atoms with Crippen molar-refractivity contribution in [2.45, 2.75) is 0 Å². The fourth-order valence-electron chi connectivity index (χ4n) is 0.849. The van der Waals surface area contributed by atoms with E-state index < -0.39 is 42.9 Å². The van der Waals surface area contributed by atoms with Gasteiger partial charge in [-0.1, -0.05) is 0 Å². The van der Waals surface area contributed by atoms with Crippen molar-refractivity contribution in [1.29, 1.82) is 0 Å². The summed E-state index contributed by atoms with van der Waals surface area (Å²) in [4.78, 5) is 54.8. The summed E-state index contributed by atoms with van der Waals surface area (Å²) in [6, 6.07) is 0. The standard InChI is InChI=1S/C13H14O9/c1-19-10(15)3-5-12(17)21-7-9(14)8-22-13(18)6-4-11(16)20-2/h3-6H,7-8H2,1-2H3. The molecule has 9 heteroatoms. The van der Waals surface area contributed by atoms with E-state index in [2.05, 4.69) is 18.9 Å². The van der Waals surface area contributed by atoms with Crippen molar-refractivity contribution in [2.75, 3.05) is 27.4 Å². The van der Waals surface area contributed by atoms with Crippen molar-refractivity contribution in [2.24, 2.45) is 0 Å². The maximum atomic E-state index is 11.3. The molecular formula is C13H14O9. The minimum atomic E-state index is -0.935. The summed E-state index contributed by atoms with van der Waals surface area (Å²) in [5, 5.41) is 0. The van der Waals surface area contributed by atoms with Crippen LogP contribution in [0.1, 0.15) is 0 Å². The zero-order valence-corrected chi connectivity index (χ0v) is 11.9. The average molecular weight is 314 g/mol. The fraction of sp³-hybridized carbons (Fsp3) is 0.308. The van der Waals surface area contributed by atoms with E-state index >= 15 is 0 Å². The van der Waals surface area contributed by atoms with Gasteiger partial charge >= 0.3 is 23.9 Å². The summed E-state index contributed by atoms with van der Waals surface area (Å²) in [6.45, 7) is -1.28. The highest BCUT2D eigenvalue weighted by atomic mass is 16.6. The first-order chi connectivity index (χ1) is 10.4. The molecule has 0 aliphatic rings. The molecule has 0 spiro atoms. The van der Waals surface area contributed by atoms with E-state index in [1.807, 2.05) is 0 Å². The normalized spacial score (nSPS) is 10.3. The van der Waals surface area contributed by atoms with Crippen LogP contribution in [0.2, 0.25) is 0 Å². The van der Waals surface area contributed by atoms with Crippen molar-refractivity contribution < 1.29 is 42.9 Å². The number of rotatable bonds is 8. The maximum Gasteiger partial charge on any atom is 0.331 e. The highest BCUT2D eigenvalue weighted by molar-refractivity contribution is 5.94. The molecular weight excluding hydrogens is 300 g/mol. The Labute approximate surface area is 125 Å². The second-order valence-electron chi connectivity index (χ2n) is 3.47. The van der Waals surface area contributed by atoms with Crippen molar-refractivity contribution in [3.63, 3.8) is 0 Å². The molecule has 120 valence electrons. The van der Waals surface area contributed by atoms with Crippen LogP contribution in [-0.4, -0.2) is 57.1 Å². The molecule has 0 unspecified atom stereocenters. The van der Waals surface area contributed by atoms with Crippen LogP contribution in [0.4, 0.5) is 0 Å². The summed E-state index contributed by atoms with van der Waals surface area (Å²) in [7, 11) is 2.26. The predicted molar refractivity (Wildman–Crippen MR) is 69.2 cm³/mol. The van der Waals surface area contributed by atoms with Gasteiger partial charge in [0.05, 0.1) is 14.2 Å². The molecule has 0 aliphatic heterocycles. The molecule has 0 rings (SSSR count). The first kappa shape index (κ1) is 19.0. The molecule has 0 bridgehead atoms. The Morgan fingerprint density at radius 3 is 1.27 bits per heavy atom. The van der Waals surface area contributed by atoms with Gasteiger partial charge < -0.3 is 18.9 Å². The number of ether oxygens (including phenoxy) is 4. The van der Waals surface area contributed by atoms with Crippen molar-refractivity contribution in [3.8, 4) is 0 Å². The molecule has 0 aromatic heterocycles. The van der Waals surface area contributed by atoms with Crippen molar-refractivity contribution in [3.05, 3.63) is 24.3 Å². The number of esters is 4. The van der Waals surface area contributed by atoms with Crippen LogP contribution in [0.15, 0.2) is 24.3 Å². The van der Waals surface area contributed by atoms with Gasteiger partial charge in [0.1, 0.15) is 0 Å². The van der Waals surface area contributed by atoms with Gasteiger partial charge in [0, 0.05) is 24.3 Å². The number of carbonyl (C=O) groups is 5. The van der Waals surface area contributed by atoms with Gasteiger partial charge in [-0.25, -0.2) is 19.2 Å². The van der Waals surface area contributed by atoms with E-state index in [0.29, 0.717) is 0 Å². The summed E-state index contributed by atoms with van der Waals surface area (Å²) in [5.74, 6) is -4.07. The number of ketones is 1. The molecule has 0 N–H and O–H groups in total. The van der Waals surface area contributed by atoms with Crippen LogP contribution in [0.5, 0.6) is 0 Å². The smallest absolute Gasteiger partial charge is 0.331 e. The number of Topliss-reactive ketones (excluding diaryl/α,β-unsaturated/α-hetero) is 1. The van der Waals surface area contributed by atoms with E-state index in [-0.39, 0.29) is 0 Å². The highest BCUT2D eigenvalue weighted by Gasteiger charge is 2.08. The Morgan fingerprint density at radius 2 is 0.955 bits per heavy atom. The quantitative estimate of drug-likeness (QED) is 0.318. The number of methoxy groups -OCH3 is 2. The number of carbonyl (C=O) groups excluding carboxylic acids is 5. The molecule has 0 heterocycles. The van der Waals surface area contributed by atoms with E-state index in [1.165, 1.54) is 0 Å². The molecule has 9 nitrogen and oxygen atoms in total. The lowest BCUT2D eigenvalue weighted by atomic mass is 10.4. The van der Waals surface area contributed by atoms with Crippen molar-refractivity contribution >= 4 is 29.7 Å². The lowest BCUT2D eigenvalue weighted by Gasteiger charge is -2.02. The average Bonchev–Trinajstić information content (AvgIpc) is 2.53. The van der Waals surface area contributed by atoms with Crippen LogP contribution in [0.25, 0.3) is 0 Å². The monoisotopic (exact) mass is 314 g/mol. The van der Waals surface area contributed by atoms with E-state index in [0.717, 1.165) is 38.5 Å². The fourth-order valence-corrected chi connectivity index (χ4v) is 0.849. The number of hydrogen-bond acceptors (Lipinski definition) is 9. The van der Waals surface area contributed by atoms with Gasteiger partial charge in [-0.2, -0.15) is 0 Å². The van der Waals surface area contributed by atoms with E-state index in [1.54, 1.807) is 0 Å². The Morgan fingerprint density at radius 1 is 0.636 bits per heavy atom. The predicted octanol–water partition coefficient (Wildman–Crippen LogP) is -0.900. The third-order valence-electron chi connectivity index (χ3n) is 1.86. The van der Waals surface area contributed by atoms with Crippen LogP contribution < -0.4 is 0 Å². The Kier molecular flexibility index (Phi) is 9.32. The second-order valence-corrected chi connectivity index (χ2v) is 3.47. The lowest BCUT2D eigenvalue weighted by Crippen LogP contribution is -2.19. The van der Waals surface area contributed by atoms with Gasteiger partial charge in [-0.3, -0.25) is 4.79 Å². The van der Waals surface area contributed by atoms with Crippen LogP contribution in [0, 0.1) is 0 Å². The Balaban J connectivity index is 4.00. The Bertz CT molecular complexity index is 458. The maximum absolute atomic E-state index is 11.3. The van der Waals surface area contributed by atoms with Gasteiger partial charge in [0.25, 0.3) is 0 Å². The van der Waals surface area contributed by atoms with Gasteiger partial charge in [0.2, 0.25) is 5.78 Å². The lowest BCUT2D eigenvalue weighted by molar-refractivity contribution is -0.148. The minimum Gasteiger partial charge on any atom is -0.466 e. The molecule has 0 aromatic rings. The molecule has 0 atom stereocenters. The van der Waals surface area contributed by atoms with Crippen LogP contribution in [-0.2, 0) is 42.9 Å². The molecule has 22 heavy (non-hydrogen) atoms. The molecule has 0 saturated carbocycles. The zero-order valence-electron chi connectivity index (χ0n) is 11.9. The number of hydrogen-bond donors (Lipinski definition) is 0. The third-order valence-corrected chi connectivity index (χ3v) is 1.86. The summed E-state index contributed by atoms with van der Waals surface area (Å²) in [5.41, 5.74) is 0. The molecule has 0 fully saturated rings. The Hall–Kier alpha value is -2.97. The highest BCUT2D eigenvalue weighted by Crippen LogP contribution is 1.89. The van der Waals surface area contributed by atoms with E-state index in [9.17, 15) is 24.0 Å². The molecule has 0 amide bonds. The largest absolute Gasteiger partial charge is 0.466 e. The van der Waals surface area contributed by atoms with Gasteiger partial charge in [0.15, 0.2) is 13.2 Å². The third kappa shape index (κ3) is 9.89. The van der Waals surface area contributed by atoms with Crippen LogP contribution in [0.3, 0.4) is 0 Å². The first-order valence-electron chi connectivity index (χ1n) is 5.76. The minimum absolute atomic E-state index is 0.641. The van der Waals surface area contributed by atoms with Gasteiger partial charge in [-0.15, -0.1) is 0 Å². The topological polar surface area (TPSA) is 122 Å². The summed E-state index contributed by atoms with van der Waals surface area (Å²) >= 11 is 0. The SMILES string of the molecule is COC(=O)C=CC(=O)OCC(=O)COC(=O)C=CC(=O)OC. The molecule has 0 aliphatic carbocycles. The molecule has 0 aromatic carbocycles. The molecule has 0 saturated heterocycles. The zero-order chi connectivity index (χ0) is 17.0. The molecule has 0 radical (unpaired) electrons. The van der Waals surface area contributed by atoms with Crippen molar-refractivity contribution in [1.82, 2.24) is 0 Å². The van der Waals surface area contributed by atoms with Crippen LogP contribution >= 0.6 is 0 Å². The summed E-state index contributed by atoms with van der Waals surface area (Å²) in [6.07, 6.45) is 3.21.